The van der Waals surface area contributed by atoms with Crippen molar-refractivity contribution in [3.63, 3.8) is 0 Å². The normalized spacial score (nSPS) is 13.6. The summed E-state index contributed by atoms with van der Waals surface area (Å²) >= 11 is 1.69. The number of nitrogens with zero attached hydrogens (tertiary/aromatic N) is 4. The molecule has 23 heavy (non-hydrogen) atoms. The van der Waals surface area contributed by atoms with E-state index < -0.39 is 0 Å². The molecule has 6 nitrogen and oxygen atoms in total. The van der Waals surface area contributed by atoms with Crippen molar-refractivity contribution in [1.82, 2.24) is 24.8 Å². The number of amides is 2. The lowest BCUT2D eigenvalue weighted by atomic mass is 10.2. The number of aromatic nitrogens is 3. The fraction of sp³-hybridized carbons (Fsp3) is 0.562. The van der Waals surface area contributed by atoms with Crippen LogP contribution in [0.1, 0.15) is 42.4 Å². The monoisotopic (exact) mass is 335 g/mol. The first-order valence-corrected chi connectivity index (χ1v) is 8.69. The smallest absolute Gasteiger partial charge is 0.317 e. The van der Waals surface area contributed by atoms with Crippen LogP contribution in [0.25, 0.3) is 0 Å². The maximum Gasteiger partial charge on any atom is 0.317 e. The van der Waals surface area contributed by atoms with Crippen molar-refractivity contribution in [1.29, 1.82) is 0 Å². The molecule has 2 heterocycles. The number of carbonyl (C=O) groups excluding carboxylic acids is 1. The summed E-state index contributed by atoms with van der Waals surface area (Å²) in [7, 11) is 1.83. The predicted molar refractivity (Wildman–Crippen MR) is 92.6 cm³/mol. The minimum absolute atomic E-state index is 0.00763. The molecule has 0 aliphatic carbocycles. The Morgan fingerprint density at radius 2 is 2.22 bits per heavy atom. The van der Waals surface area contributed by atoms with E-state index >= 15 is 0 Å². The summed E-state index contributed by atoms with van der Waals surface area (Å²) in [6.07, 6.45) is 6.31. The fourth-order valence-corrected chi connectivity index (χ4v) is 3.53. The van der Waals surface area contributed by atoms with Gasteiger partial charge in [0, 0.05) is 36.9 Å². The number of nitrogens with one attached hydrogen (secondary N) is 1. The van der Waals surface area contributed by atoms with Crippen molar-refractivity contribution >= 4 is 17.4 Å². The summed E-state index contributed by atoms with van der Waals surface area (Å²) in [5, 5.41) is 4.15. The molecular weight excluding hydrogens is 310 g/mol. The summed E-state index contributed by atoms with van der Waals surface area (Å²) in [6, 6.07) is -0.0377. The summed E-state index contributed by atoms with van der Waals surface area (Å²) in [4.78, 5) is 23.9. The summed E-state index contributed by atoms with van der Waals surface area (Å²) in [6.45, 7) is 8.84. The van der Waals surface area contributed by atoms with Gasteiger partial charge in [-0.05, 0) is 27.2 Å². The molecule has 0 bridgehead atoms. The second-order valence-electron chi connectivity index (χ2n) is 5.81. The average Bonchev–Trinajstić information content (AvgIpc) is 3.14. The van der Waals surface area contributed by atoms with Crippen molar-refractivity contribution in [2.45, 2.75) is 52.7 Å². The van der Waals surface area contributed by atoms with E-state index in [1.165, 1.54) is 0 Å². The van der Waals surface area contributed by atoms with Crippen molar-refractivity contribution in [2.75, 3.05) is 7.05 Å². The van der Waals surface area contributed by atoms with Gasteiger partial charge in [0.2, 0.25) is 0 Å². The van der Waals surface area contributed by atoms with Crippen LogP contribution in [-0.2, 0) is 13.0 Å². The molecule has 0 saturated carbocycles. The number of thiazole rings is 1. The topological polar surface area (TPSA) is 63.1 Å². The Balaban J connectivity index is 1.96. The van der Waals surface area contributed by atoms with E-state index in [4.69, 9.17) is 0 Å². The van der Waals surface area contributed by atoms with Crippen molar-refractivity contribution < 1.29 is 4.79 Å². The largest absolute Gasteiger partial charge is 0.335 e. The highest BCUT2D eigenvalue weighted by Crippen LogP contribution is 2.28. The molecule has 0 aromatic carbocycles. The van der Waals surface area contributed by atoms with Gasteiger partial charge in [-0.2, -0.15) is 0 Å². The van der Waals surface area contributed by atoms with E-state index in [1.807, 2.05) is 38.6 Å². The lowest BCUT2D eigenvalue weighted by Crippen LogP contribution is -2.44. The van der Waals surface area contributed by atoms with Crippen molar-refractivity contribution in [3.8, 4) is 0 Å². The Morgan fingerprint density at radius 1 is 1.48 bits per heavy atom. The van der Waals surface area contributed by atoms with Gasteiger partial charge >= 0.3 is 6.03 Å². The second-order valence-corrected chi connectivity index (χ2v) is 6.92. The van der Waals surface area contributed by atoms with Gasteiger partial charge in [-0.1, -0.05) is 6.92 Å². The minimum Gasteiger partial charge on any atom is -0.335 e. The molecule has 0 radical (unpaired) electrons. The highest BCUT2D eigenvalue weighted by Gasteiger charge is 2.22. The van der Waals surface area contributed by atoms with E-state index in [2.05, 4.69) is 22.2 Å². The van der Waals surface area contributed by atoms with Crippen LogP contribution in [0.15, 0.2) is 18.7 Å². The second kappa shape index (κ2) is 7.59. The van der Waals surface area contributed by atoms with Gasteiger partial charge in [0.25, 0.3) is 0 Å². The fourth-order valence-electron chi connectivity index (χ4n) is 2.43. The summed E-state index contributed by atoms with van der Waals surface area (Å²) in [5.74, 6) is 0. The van der Waals surface area contributed by atoms with Gasteiger partial charge in [-0.25, -0.2) is 14.8 Å². The van der Waals surface area contributed by atoms with Gasteiger partial charge in [0.1, 0.15) is 0 Å². The Hall–Kier alpha value is -1.89. The number of aryl methyl sites for hydroxylation is 2. The molecule has 0 saturated heterocycles. The Labute approximate surface area is 141 Å². The zero-order chi connectivity index (χ0) is 17.0. The maximum atomic E-state index is 12.5. The maximum absolute atomic E-state index is 12.5. The highest BCUT2D eigenvalue weighted by atomic mass is 32.1. The molecule has 2 atom stereocenters. The molecule has 2 amide bonds. The van der Waals surface area contributed by atoms with Crippen LogP contribution in [0.5, 0.6) is 0 Å². The van der Waals surface area contributed by atoms with E-state index in [9.17, 15) is 4.79 Å². The number of urea groups is 1. The molecule has 2 aromatic heterocycles. The summed E-state index contributed by atoms with van der Waals surface area (Å²) < 4.78 is 1.95. The summed E-state index contributed by atoms with van der Waals surface area (Å²) in [5.41, 5.74) is 1.02. The molecule has 2 rings (SSSR count). The quantitative estimate of drug-likeness (QED) is 0.882. The minimum atomic E-state index is -0.0732. The molecule has 0 fully saturated rings. The lowest BCUT2D eigenvalue weighted by Gasteiger charge is -2.26. The highest BCUT2D eigenvalue weighted by molar-refractivity contribution is 7.11. The first-order chi connectivity index (χ1) is 10.9. The number of imidazole rings is 1. The van der Waals surface area contributed by atoms with Crippen LogP contribution < -0.4 is 5.32 Å². The zero-order valence-electron chi connectivity index (χ0n) is 14.4. The van der Waals surface area contributed by atoms with E-state index in [1.54, 1.807) is 28.8 Å². The molecular formula is C16H25N5OS. The molecule has 0 unspecified atom stereocenters. The first-order valence-electron chi connectivity index (χ1n) is 7.87. The third-order valence-corrected chi connectivity index (χ3v) is 5.35. The Bertz CT molecular complexity index is 637. The van der Waals surface area contributed by atoms with Gasteiger partial charge in [-0.3, -0.25) is 0 Å². The van der Waals surface area contributed by atoms with Crippen molar-refractivity contribution in [3.05, 3.63) is 34.3 Å². The number of carbonyl (C=O) groups is 1. The van der Waals surface area contributed by atoms with Crippen LogP contribution in [0.4, 0.5) is 4.79 Å². The Kier molecular flexibility index (Phi) is 5.76. The average molecular weight is 335 g/mol. The van der Waals surface area contributed by atoms with Crippen LogP contribution in [0, 0.1) is 6.92 Å². The molecule has 0 aliphatic heterocycles. The third kappa shape index (κ3) is 4.31. The van der Waals surface area contributed by atoms with Crippen molar-refractivity contribution in [2.24, 2.45) is 0 Å². The molecule has 0 spiro atoms. The van der Waals surface area contributed by atoms with E-state index in [-0.39, 0.29) is 18.1 Å². The van der Waals surface area contributed by atoms with Gasteiger partial charge < -0.3 is 14.8 Å². The third-order valence-electron chi connectivity index (χ3n) is 3.87. The Morgan fingerprint density at radius 3 is 2.78 bits per heavy atom. The standard InChI is InChI=1S/C16H25N5OS/c1-6-14-19-12(3)15(23-14)13(4)20(5)16(22)18-11(2)9-21-8-7-17-10-21/h7-8,10-11,13H,6,9H2,1-5H3,(H,18,22)/t11-,13-/m1/s1. The van der Waals surface area contributed by atoms with Crippen LogP contribution in [-0.4, -0.2) is 38.6 Å². The zero-order valence-corrected chi connectivity index (χ0v) is 15.2. The van der Waals surface area contributed by atoms with Gasteiger partial charge in [0.15, 0.2) is 0 Å². The SMILES string of the molecule is CCc1nc(C)c([C@@H](C)N(C)C(=O)N[C@H](C)Cn2ccnc2)s1. The van der Waals surface area contributed by atoms with E-state index in [0.717, 1.165) is 22.0 Å². The van der Waals surface area contributed by atoms with Crippen LogP contribution >= 0.6 is 11.3 Å². The van der Waals surface area contributed by atoms with E-state index in [0.29, 0.717) is 6.54 Å². The number of hydrogen-bond donors (Lipinski definition) is 1. The van der Waals surface area contributed by atoms with Crippen LogP contribution in [0.2, 0.25) is 0 Å². The molecule has 0 aliphatic rings. The predicted octanol–water partition coefficient (Wildman–Crippen LogP) is 3.00. The first kappa shape index (κ1) is 17.5. The molecule has 7 heteroatoms. The number of hydrogen-bond acceptors (Lipinski definition) is 4. The molecule has 2 aromatic rings. The molecule has 126 valence electrons. The van der Waals surface area contributed by atoms with Gasteiger partial charge in [-0.15, -0.1) is 11.3 Å². The van der Waals surface area contributed by atoms with Gasteiger partial charge in [0.05, 0.1) is 23.1 Å². The van der Waals surface area contributed by atoms with Crippen LogP contribution in [0.3, 0.4) is 0 Å². The number of rotatable bonds is 6. The lowest BCUT2D eigenvalue weighted by molar-refractivity contribution is 0.190. The molecule has 1 N–H and O–H groups in total.